The zero-order chi connectivity index (χ0) is 10.5. The summed E-state index contributed by atoms with van der Waals surface area (Å²) in [5.74, 6) is 0. The fourth-order valence-corrected chi connectivity index (χ4v) is 3.09. The van der Waals surface area contributed by atoms with E-state index in [1.807, 2.05) is 0 Å². The van der Waals surface area contributed by atoms with Gasteiger partial charge in [0.2, 0.25) is 0 Å². The Morgan fingerprint density at radius 3 is 3.27 bits per heavy atom. The standard InChI is InChI=1S/C11H18N2OS/c1-2-5-12-9-3-4-10(8-9)15-11-13-6-7-14-11/h6-7,9-10,12H,2-5,8H2,1H3. The van der Waals surface area contributed by atoms with Crippen molar-refractivity contribution in [3.8, 4) is 0 Å². The van der Waals surface area contributed by atoms with Crippen LogP contribution in [0.5, 0.6) is 0 Å². The highest BCUT2D eigenvalue weighted by molar-refractivity contribution is 7.99. The molecule has 0 saturated heterocycles. The third-order valence-corrected chi connectivity index (χ3v) is 3.91. The molecule has 1 heterocycles. The Morgan fingerprint density at radius 2 is 2.53 bits per heavy atom. The van der Waals surface area contributed by atoms with Crippen LogP contribution in [-0.4, -0.2) is 22.8 Å². The van der Waals surface area contributed by atoms with Gasteiger partial charge in [0.1, 0.15) is 6.26 Å². The fourth-order valence-electron chi connectivity index (χ4n) is 1.99. The Balaban J connectivity index is 1.73. The Hall–Kier alpha value is -0.480. The van der Waals surface area contributed by atoms with Gasteiger partial charge in [0.25, 0.3) is 5.22 Å². The maximum Gasteiger partial charge on any atom is 0.255 e. The van der Waals surface area contributed by atoms with Crippen molar-refractivity contribution in [2.24, 2.45) is 0 Å². The van der Waals surface area contributed by atoms with Crippen LogP contribution < -0.4 is 5.32 Å². The molecular formula is C11H18N2OS. The fraction of sp³-hybridized carbons (Fsp3) is 0.727. The maximum absolute atomic E-state index is 5.24. The zero-order valence-corrected chi connectivity index (χ0v) is 9.93. The largest absolute Gasteiger partial charge is 0.440 e. The number of hydrogen-bond acceptors (Lipinski definition) is 4. The monoisotopic (exact) mass is 226 g/mol. The van der Waals surface area contributed by atoms with E-state index in [2.05, 4.69) is 17.2 Å². The average molecular weight is 226 g/mol. The molecule has 4 heteroatoms. The van der Waals surface area contributed by atoms with Crippen LogP contribution in [0.3, 0.4) is 0 Å². The lowest BCUT2D eigenvalue weighted by Gasteiger charge is -2.11. The van der Waals surface area contributed by atoms with Gasteiger partial charge >= 0.3 is 0 Å². The lowest BCUT2D eigenvalue weighted by molar-refractivity contribution is 0.452. The van der Waals surface area contributed by atoms with Gasteiger partial charge in [-0.25, -0.2) is 4.98 Å². The van der Waals surface area contributed by atoms with Crippen molar-refractivity contribution in [1.29, 1.82) is 0 Å². The van der Waals surface area contributed by atoms with Crippen LogP contribution in [0.25, 0.3) is 0 Å². The van der Waals surface area contributed by atoms with E-state index in [0.29, 0.717) is 11.3 Å². The lowest BCUT2D eigenvalue weighted by atomic mass is 10.2. The van der Waals surface area contributed by atoms with E-state index in [1.54, 1.807) is 24.2 Å². The highest BCUT2D eigenvalue weighted by Crippen LogP contribution is 2.33. The molecule has 0 spiro atoms. The molecule has 1 aromatic rings. The van der Waals surface area contributed by atoms with Crippen molar-refractivity contribution in [3.63, 3.8) is 0 Å². The van der Waals surface area contributed by atoms with Gasteiger partial charge in [0.05, 0.1) is 6.20 Å². The van der Waals surface area contributed by atoms with Crippen LogP contribution in [0.15, 0.2) is 22.1 Å². The molecule has 1 aromatic heterocycles. The summed E-state index contributed by atoms with van der Waals surface area (Å²) in [7, 11) is 0. The lowest BCUT2D eigenvalue weighted by Crippen LogP contribution is -2.27. The summed E-state index contributed by atoms with van der Waals surface area (Å²) in [5, 5.41) is 5.07. The van der Waals surface area contributed by atoms with E-state index in [0.717, 1.165) is 11.8 Å². The van der Waals surface area contributed by atoms with Gasteiger partial charge < -0.3 is 9.73 Å². The topological polar surface area (TPSA) is 38.1 Å². The van der Waals surface area contributed by atoms with E-state index in [-0.39, 0.29) is 0 Å². The molecule has 0 amide bonds. The quantitative estimate of drug-likeness (QED) is 0.837. The van der Waals surface area contributed by atoms with Gasteiger partial charge in [-0.3, -0.25) is 0 Å². The number of thioether (sulfide) groups is 1. The smallest absolute Gasteiger partial charge is 0.255 e. The van der Waals surface area contributed by atoms with E-state index < -0.39 is 0 Å². The second-order valence-corrected chi connectivity index (χ2v) is 5.25. The molecule has 2 atom stereocenters. The van der Waals surface area contributed by atoms with Gasteiger partial charge in [0.15, 0.2) is 0 Å². The van der Waals surface area contributed by atoms with E-state index in [9.17, 15) is 0 Å². The second kappa shape index (κ2) is 5.56. The predicted molar refractivity (Wildman–Crippen MR) is 62.1 cm³/mol. The molecule has 0 bridgehead atoms. The molecule has 0 aromatic carbocycles. The van der Waals surface area contributed by atoms with Crippen LogP contribution in [0.1, 0.15) is 32.6 Å². The summed E-state index contributed by atoms with van der Waals surface area (Å²) in [4.78, 5) is 4.14. The van der Waals surface area contributed by atoms with Crippen LogP contribution in [0, 0.1) is 0 Å². The first-order chi connectivity index (χ1) is 7.38. The number of aromatic nitrogens is 1. The third kappa shape index (κ3) is 3.24. The van der Waals surface area contributed by atoms with Gasteiger partial charge in [-0.1, -0.05) is 18.7 Å². The van der Waals surface area contributed by atoms with Crippen LogP contribution in [-0.2, 0) is 0 Å². The molecule has 1 N–H and O–H groups in total. The second-order valence-electron chi connectivity index (χ2n) is 4.00. The first-order valence-electron chi connectivity index (χ1n) is 5.68. The molecule has 84 valence electrons. The van der Waals surface area contributed by atoms with Crippen LogP contribution in [0.4, 0.5) is 0 Å². The van der Waals surface area contributed by atoms with Crippen molar-refractivity contribution >= 4 is 11.8 Å². The summed E-state index contributed by atoms with van der Waals surface area (Å²) in [6.45, 7) is 3.35. The van der Waals surface area contributed by atoms with Crippen molar-refractivity contribution in [2.75, 3.05) is 6.54 Å². The van der Waals surface area contributed by atoms with Crippen LogP contribution in [0.2, 0.25) is 0 Å². The summed E-state index contributed by atoms with van der Waals surface area (Å²) >= 11 is 1.78. The molecule has 3 nitrogen and oxygen atoms in total. The van der Waals surface area contributed by atoms with E-state index in [1.165, 1.54) is 25.7 Å². The zero-order valence-electron chi connectivity index (χ0n) is 9.11. The Bertz CT molecular complexity index is 276. The summed E-state index contributed by atoms with van der Waals surface area (Å²) in [6, 6.07) is 0.706. The average Bonchev–Trinajstić information content (AvgIpc) is 2.87. The van der Waals surface area contributed by atoms with E-state index >= 15 is 0 Å². The van der Waals surface area contributed by atoms with Crippen molar-refractivity contribution in [3.05, 3.63) is 12.5 Å². The number of hydrogen-bond donors (Lipinski definition) is 1. The van der Waals surface area contributed by atoms with Gasteiger partial charge in [-0.15, -0.1) is 0 Å². The van der Waals surface area contributed by atoms with Gasteiger partial charge in [-0.05, 0) is 32.2 Å². The van der Waals surface area contributed by atoms with Crippen molar-refractivity contribution < 1.29 is 4.42 Å². The molecular weight excluding hydrogens is 208 g/mol. The molecule has 2 unspecified atom stereocenters. The number of nitrogens with one attached hydrogen (secondary N) is 1. The molecule has 1 aliphatic rings. The minimum Gasteiger partial charge on any atom is -0.440 e. The third-order valence-electron chi connectivity index (χ3n) is 2.74. The Morgan fingerprint density at radius 1 is 1.60 bits per heavy atom. The normalized spacial score (nSPS) is 25.9. The minimum absolute atomic E-state index is 0.679. The molecule has 2 rings (SSSR count). The summed E-state index contributed by atoms with van der Waals surface area (Å²) < 4.78 is 5.24. The van der Waals surface area contributed by atoms with Crippen LogP contribution >= 0.6 is 11.8 Å². The number of oxazole rings is 1. The molecule has 15 heavy (non-hydrogen) atoms. The molecule has 0 aliphatic heterocycles. The molecule has 1 fully saturated rings. The molecule has 0 radical (unpaired) electrons. The first kappa shape index (κ1) is 11.0. The summed E-state index contributed by atoms with van der Waals surface area (Å²) in [6.07, 6.45) is 8.38. The van der Waals surface area contributed by atoms with Gasteiger partial charge in [-0.2, -0.15) is 0 Å². The Labute approximate surface area is 95.0 Å². The number of rotatable bonds is 5. The highest BCUT2D eigenvalue weighted by Gasteiger charge is 2.25. The van der Waals surface area contributed by atoms with E-state index in [4.69, 9.17) is 4.42 Å². The van der Waals surface area contributed by atoms with Gasteiger partial charge in [0, 0.05) is 11.3 Å². The first-order valence-corrected chi connectivity index (χ1v) is 6.56. The van der Waals surface area contributed by atoms with Crippen molar-refractivity contribution in [1.82, 2.24) is 10.3 Å². The predicted octanol–water partition coefficient (Wildman–Crippen LogP) is 2.69. The minimum atomic E-state index is 0.679. The number of nitrogens with zero attached hydrogens (tertiary/aromatic N) is 1. The Kier molecular flexibility index (Phi) is 4.09. The maximum atomic E-state index is 5.24. The SMILES string of the molecule is CCCNC1CCC(Sc2ncco2)C1. The molecule has 1 aliphatic carbocycles. The highest BCUT2D eigenvalue weighted by atomic mass is 32.2. The molecule has 1 saturated carbocycles. The van der Waals surface area contributed by atoms with Crippen molar-refractivity contribution in [2.45, 2.75) is 49.1 Å². The summed E-state index contributed by atoms with van der Waals surface area (Å²) in [5.41, 5.74) is 0.